The molecule has 2 aromatic rings. The van der Waals surface area contributed by atoms with E-state index in [-0.39, 0.29) is 12.4 Å². The van der Waals surface area contributed by atoms with Crippen LogP contribution in [0, 0.1) is 0 Å². The van der Waals surface area contributed by atoms with Gasteiger partial charge in [0.05, 0.1) is 12.7 Å². The molecule has 0 aliphatic heterocycles. The van der Waals surface area contributed by atoms with Crippen molar-refractivity contribution in [1.82, 2.24) is 14.3 Å². The van der Waals surface area contributed by atoms with Crippen LogP contribution in [0.25, 0.3) is 0 Å². The van der Waals surface area contributed by atoms with Crippen LogP contribution >= 0.6 is 12.4 Å². The van der Waals surface area contributed by atoms with Crippen LogP contribution in [0.4, 0.5) is 5.82 Å². The zero-order valence-electron chi connectivity index (χ0n) is 10.4. The predicted octanol–water partition coefficient (Wildman–Crippen LogP) is 2.84. The first-order valence-electron chi connectivity index (χ1n) is 5.56. The Hall–Kier alpha value is -1.42. The fourth-order valence-electron chi connectivity index (χ4n) is 1.73. The molecular weight excluding hydrogens is 236 g/mol. The van der Waals surface area contributed by atoms with Gasteiger partial charge in [0.2, 0.25) is 0 Å². The van der Waals surface area contributed by atoms with E-state index in [2.05, 4.69) is 54.2 Å². The van der Waals surface area contributed by atoms with Gasteiger partial charge in [0.1, 0.15) is 5.82 Å². The second-order valence-corrected chi connectivity index (χ2v) is 4.22. The van der Waals surface area contributed by atoms with Crippen molar-refractivity contribution >= 4 is 18.2 Å². The lowest BCUT2D eigenvalue weighted by Gasteiger charge is -2.12. The molecule has 2 heterocycles. The Bertz CT molecular complexity index is 459. The number of aryl methyl sites for hydroxylation is 1. The summed E-state index contributed by atoms with van der Waals surface area (Å²) in [6, 6.07) is 6.55. The highest BCUT2D eigenvalue weighted by atomic mass is 35.5. The highest BCUT2D eigenvalue weighted by Crippen LogP contribution is 2.14. The Kier molecular flexibility index (Phi) is 4.63. The number of anilines is 1. The van der Waals surface area contributed by atoms with E-state index in [9.17, 15) is 0 Å². The van der Waals surface area contributed by atoms with Crippen LogP contribution in [0.3, 0.4) is 0 Å². The molecule has 0 spiro atoms. The van der Waals surface area contributed by atoms with Crippen LogP contribution in [0.1, 0.15) is 25.6 Å². The van der Waals surface area contributed by atoms with Gasteiger partial charge < -0.3 is 9.88 Å². The minimum absolute atomic E-state index is 0. The molecule has 2 aromatic heterocycles. The summed E-state index contributed by atoms with van der Waals surface area (Å²) in [7, 11) is 2.05. The smallest absolute Gasteiger partial charge is 0.124 e. The van der Waals surface area contributed by atoms with Gasteiger partial charge in [-0.1, -0.05) is 0 Å². The van der Waals surface area contributed by atoms with E-state index in [1.54, 1.807) is 0 Å². The van der Waals surface area contributed by atoms with Crippen molar-refractivity contribution in [3.63, 3.8) is 0 Å². The number of aromatic nitrogens is 3. The number of rotatable bonds is 4. The first kappa shape index (κ1) is 13.6. The number of halogens is 1. The summed E-state index contributed by atoms with van der Waals surface area (Å²) in [4.78, 5) is 0. The molecule has 0 unspecified atom stereocenters. The summed E-state index contributed by atoms with van der Waals surface area (Å²) in [6.45, 7) is 5.07. The van der Waals surface area contributed by atoms with Gasteiger partial charge in [0.25, 0.3) is 0 Å². The summed E-state index contributed by atoms with van der Waals surface area (Å²) in [6.07, 6.45) is 3.88. The molecule has 0 aliphatic rings. The van der Waals surface area contributed by atoms with Gasteiger partial charge in [-0.25, -0.2) is 4.68 Å². The molecule has 0 saturated carbocycles. The molecule has 5 heteroatoms. The summed E-state index contributed by atoms with van der Waals surface area (Å²) < 4.78 is 4.10. The molecule has 0 aliphatic carbocycles. The lowest BCUT2D eigenvalue weighted by Crippen LogP contribution is -2.11. The second-order valence-electron chi connectivity index (χ2n) is 4.22. The van der Waals surface area contributed by atoms with Gasteiger partial charge >= 0.3 is 0 Å². The molecule has 0 fully saturated rings. The zero-order valence-corrected chi connectivity index (χ0v) is 11.2. The van der Waals surface area contributed by atoms with Crippen molar-refractivity contribution in [1.29, 1.82) is 0 Å². The standard InChI is InChI=1S/C12H18N4.ClH/c1-10(2)16-12(6-7-14-16)13-9-11-5-4-8-15(11)3;/h4-8,10,13H,9H2,1-3H3;1H. The number of hydrogen-bond donors (Lipinski definition) is 1. The molecule has 0 atom stereocenters. The zero-order chi connectivity index (χ0) is 11.5. The molecule has 0 bridgehead atoms. The van der Waals surface area contributed by atoms with Crippen LogP contribution in [0.2, 0.25) is 0 Å². The van der Waals surface area contributed by atoms with E-state index >= 15 is 0 Å². The lowest BCUT2D eigenvalue weighted by molar-refractivity contribution is 0.537. The third-order valence-electron chi connectivity index (χ3n) is 2.66. The molecule has 0 radical (unpaired) electrons. The van der Waals surface area contributed by atoms with Crippen LogP contribution in [-0.4, -0.2) is 14.3 Å². The Labute approximate surface area is 108 Å². The van der Waals surface area contributed by atoms with Gasteiger partial charge in [-0.15, -0.1) is 12.4 Å². The van der Waals surface area contributed by atoms with Crippen molar-refractivity contribution in [2.45, 2.75) is 26.4 Å². The molecule has 0 aromatic carbocycles. The van der Waals surface area contributed by atoms with E-state index < -0.39 is 0 Å². The fraction of sp³-hybridized carbons (Fsp3) is 0.417. The summed E-state index contributed by atoms with van der Waals surface area (Å²) in [5.74, 6) is 1.07. The average molecular weight is 255 g/mol. The largest absolute Gasteiger partial charge is 0.365 e. The van der Waals surface area contributed by atoms with E-state index in [0.717, 1.165) is 12.4 Å². The van der Waals surface area contributed by atoms with Crippen LogP contribution in [0.15, 0.2) is 30.6 Å². The molecule has 0 saturated heterocycles. The normalized spacial score (nSPS) is 10.4. The molecular formula is C12H19ClN4. The van der Waals surface area contributed by atoms with E-state index in [4.69, 9.17) is 0 Å². The van der Waals surface area contributed by atoms with Gasteiger partial charge in [0.15, 0.2) is 0 Å². The topological polar surface area (TPSA) is 34.8 Å². The summed E-state index contributed by atoms with van der Waals surface area (Å²) in [5, 5.41) is 7.68. The van der Waals surface area contributed by atoms with Crippen molar-refractivity contribution < 1.29 is 0 Å². The van der Waals surface area contributed by atoms with E-state index in [0.29, 0.717) is 6.04 Å². The maximum atomic E-state index is 4.29. The highest BCUT2D eigenvalue weighted by molar-refractivity contribution is 5.85. The first-order valence-corrected chi connectivity index (χ1v) is 5.56. The number of nitrogens with zero attached hydrogens (tertiary/aromatic N) is 3. The van der Waals surface area contributed by atoms with E-state index in [1.807, 2.05) is 16.9 Å². The van der Waals surface area contributed by atoms with Gasteiger partial charge in [-0.05, 0) is 26.0 Å². The Morgan fingerprint density at radius 3 is 2.71 bits per heavy atom. The van der Waals surface area contributed by atoms with E-state index in [1.165, 1.54) is 5.69 Å². The van der Waals surface area contributed by atoms with Gasteiger partial charge in [0, 0.05) is 31.0 Å². The Morgan fingerprint density at radius 2 is 2.12 bits per heavy atom. The molecule has 94 valence electrons. The second kappa shape index (κ2) is 5.77. The molecule has 1 N–H and O–H groups in total. The molecule has 4 nitrogen and oxygen atoms in total. The van der Waals surface area contributed by atoms with Crippen molar-refractivity contribution in [3.05, 3.63) is 36.3 Å². The lowest BCUT2D eigenvalue weighted by atomic mass is 10.4. The van der Waals surface area contributed by atoms with Crippen molar-refractivity contribution in [2.75, 3.05) is 5.32 Å². The van der Waals surface area contributed by atoms with Crippen molar-refractivity contribution in [2.24, 2.45) is 7.05 Å². The monoisotopic (exact) mass is 254 g/mol. The Morgan fingerprint density at radius 1 is 1.35 bits per heavy atom. The number of nitrogens with one attached hydrogen (secondary N) is 1. The molecule has 2 rings (SSSR count). The third kappa shape index (κ3) is 3.03. The minimum Gasteiger partial charge on any atom is -0.365 e. The maximum absolute atomic E-state index is 4.29. The fourth-order valence-corrected chi connectivity index (χ4v) is 1.73. The minimum atomic E-state index is 0. The highest BCUT2D eigenvalue weighted by Gasteiger charge is 2.05. The first-order chi connectivity index (χ1) is 7.68. The Balaban J connectivity index is 0.00000144. The van der Waals surface area contributed by atoms with Crippen LogP contribution in [-0.2, 0) is 13.6 Å². The molecule has 0 amide bonds. The van der Waals surface area contributed by atoms with Gasteiger partial charge in [-0.3, -0.25) is 0 Å². The maximum Gasteiger partial charge on any atom is 0.124 e. The third-order valence-corrected chi connectivity index (χ3v) is 2.66. The van der Waals surface area contributed by atoms with Crippen LogP contribution in [0.5, 0.6) is 0 Å². The SMILES string of the molecule is CC(C)n1nccc1NCc1cccn1C.Cl. The summed E-state index contributed by atoms with van der Waals surface area (Å²) in [5.41, 5.74) is 1.26. The predicted molar refractivity (Wildman–Crippen MR) is 72.6 cm³/mol. The molecule has 17 heavy (non-hydrogen) atoms. The van der Waals surface area contributed by atoms with Gasteiger partial charge in [-0.2, -0.15) is 5.10 Å². The average Bonchev–Trinajstić information content (AvgIpc) is 2.83. The summed E-state index contributed by atoms with van der Waals surface area (Å²) >= 11 is 0. The van der Waals surface area contributed by atoms with Crippen LogP contribution < -0.4 is 5.32 Å². The van der Waals surface area contributed by atoms with Crippen molar-refractivity contribution in [3.8, 4) is 0 Å². The quantitative estimate of drug-likeness (QED) is 0.911. The number of hydrogen-bond acceptors (Lipinski definition) is 2.